The molecule has 0 bridgehead atoms. The zero-order valence-corrected chi connectivity index (χ0v) is 29.6. The normalized spacial score (nSPS) is 21.3. The Morgan fingerprint density at radius 2 is 1.60 bits per heavy atom. The van der Waals surface area contributed by atoms with Crippen LogP contribution in [0.4, 0.5) is 4.79 Å². The fourth-order valence-electron chi connectivity index (χ4n) is 6.57. The predicted molar refractivity (Wildman–Crippen MR) is 184 cm³/mol. The molecule has 11 nitrogen and oxygen atoms in total. The summed E-state index contributed by atoms with van der Waals surface area (Å²) in [6.45, 7) is 17.4. The Hall–Kier alpha value is -4.02. The number of aryl methyl sites for hydroxylation is 1. The first-order valence-electron chi connectivity index (χ1n) is 17.2. The average molecular weight is 666 g/mol. The average Bonchev–Trinajstić information content (AvgIpc) is 3.75. The van der Waals surface area contributed by atoms with Crippen molar-refractivity contribution in [1.82, 2.24) is 20.9 Å². The lowest BCUT2D eigenvalue weighted by molar-refractivity contribution is -0.144. The first-order chi connectivity index (χ1) is 22.5. The minimum absolute atomic E-state index is 0.0775. The van der Waals surface area contributed by atoms with Gasteiger partial charge in [0.1, 0.15) is 12.1 Å². The van der Waals surface area contributed by atoms with Gasteiger partial charge in [-0.2, -0.15) is 0 Å². The van der Waals surface area contributed by atoms with Crippen LogP contribution in [0.1, 0.15) is 79.7 Å². The molecule has 2 fully saturated rings. The van der Waals surface area contributed by atoms with Crippen LogP contribution in [0.25, 0.3) is 0 Å². The van der Waals surface area contributed by atoms with E-state index in [0.717, 1.165) is 18.4 Å². The van der Waals surface area contributed by atoms with E-state index in [4.69, 9.17) is 5.73 Å². The topological polar surface area (TPSA) is 168 Å². The van der Waals surface area contributed by atoms with Crippen molar-refractivity contribution < 1.29 is 28.8 Å². The van der Waals surface area contributed by atoms with E-state index in [9.17, 15) is 28.8 Å². The SMILES string of the molecule is C=CC1[C@@H](C(C)C)CN(C(=O)[C@@H](NC(=O)N[C@H](C(=O)CCc2ccccc2)C(C)C)C(C)(C)C)[C@@H]1C(=O)NC(CC1CC1)C(=O)C(N)=O. The lowest BCUT2D eigenvalue weighted by Gasteiger charge is -2.36. The van der Waals surface area contributed by atoms with Gasteiger partial charge in [-0.15, -0.1) is 6.58 Å². The van der Waals surface area contributed by atoms with Gasteiger partial charge < -0.3 is 26.6 Å². The number of hydrogen-bond donors (Lipinski definition) is 4. The van der Waals surface area contributed by atoms with Gasteiger partial charge in [-0.3, -0.25) is 24.0 Å². The van der Waals surface area contributed by atoms with Crippen LogP contribution in [0.15, 0.2) is 43.0 Å². The summed E-state index contributed by atoms with van der Waals surface area (Å²) in [5.74, 6) is -3.62. The Kier molecular flexibility index (Phi) is 13.1. The fraction of sp³-hybridized carbons (Fsp3) is 0.622. The van der Waals surface area contributed by atoms with Crippen LogP contribution in [-0.4, -0.2) is 70.9 Å². The van der Waals surface area contributed by atoms with Gasteiger partial charge in [0.2, 0.25) is 17.6 Å². The minimum atomic E-state index is -1.12. The third kappa shape index (κ3) is 10.00. The van der Waals surface area contributed by atoms with Crippen molar-refractivity contribution in [2.45, 2.75) is 105 Å². The summed E-state index contributed by atoms with van der Waals surface area (Å²) in [4.78, 5) is 81.2. The van der Waals surface area contributed by atoms with Gasteiger partial charge in [-0.1, -0.05) is 97.7 Å². The maximum atomic E-state index is 14.5. The van der Waals surface area contributed by atoms with E-state index < -0.39 is 65.0 Å². The molecule has 1 aromatic rings. The highest BCUT2D eigenvalue weighted by atomic mass is 16.2. The number of urea groups is 1. The third-order valence-electron chi connectivity index (χ3n) is 9.62. The molecule has 5 N–H and O–H groups in total. The van der Waals surface area contributed by atoms with E-state index in [2.05, 4.69) is 22.5 Å². The first-order valence-corrected chi connectivity index (χ1v) is 17.2. The number of amides is 5. The number of benzene rings is 1. The van der Waals surface area contributed by atoms with Gasteiger partial charge in [0, 0.05) is 18.9 Å². The van der Waals surface area contributed by atoms with Crippen molar-refractivity contribution in [3.05, 3.63) is 48.6 Å². The minimum Gasteiger partial charge on any atom is -0.363 e. The Labute approximate surface area is 285 Å². The highest BCUT2D eigenvalue weighted by Crippen LogP contribution is 2.38. The number of nitrogens with two attached hydrogens (primary N) is 1. The zero-order chi connectivity index (χ0) is 35.9. The molecule has 48 heavy (non-hydrogen) atoms. The number of nitrogens with zero attached hydrogens (tertiary/aromatic N) is 1. The molecule has 1 saturated carbocycles. The van der Waals surface area contributed by atoms with Crippen molar-refractivity contribution in [2.24, 2.45) is 40.7 Å². The lowest BCUT2D eigenvalue weighted by Crippen LogP contribution is -2.61. The maximum Gasteiger partial charge on any atom is 0.316 e. The van der Waals surface area contributed by atoms with Gasteiger partial charge in [-0.25, -0.2) is 4.79 Å². The van der Waals surface area contributed by atoms with Gasteiger partial charge in [-0.05, 0) is 47.5 Å². The molecule has 6 atom stereocenters. The Morgan fingerprint density at radius 1 is 0.979 bits per heavy atom. The van der Waals surface area contributed by atoms with Crippen molar-refractivity contribution in [2.75, 3.05) is 6.54 Å². The molecule has 0 aromatic heterocycles. The second-order valence-electron chi connectivity index (χ2n) is 15.2. The quantitative estimate of drug-likeness (QED) is 0.156. The molecule has 0 spiro atoms. The van der Waals surface area contributed by atoms with Crippen LogP contribution in [0.3, 0.4) is 0 Å². The number of carbonyl (C=O) groups excluding carboxylic acids is 6. The third-order valence-corrected chi connectivity index (χ3v) is 9.62. The number of rotatable bonds is 16. The highest BCUT2D eigenvalue weighted by Gasteiger charge is 2.51. The Bertz CT molecular complexity index is 1350. The molecule has 1 saturated heterocycles. The molecule has 1 aliphatic carbocycles. The van der Waals surface area contributed by atoms with Crippen LogP contribution in [0, 0.1) is 35.0 Å². The molecule has 1 aliphatic heterocycles. The van der Waals surface area contributed by atoms with Gasteiger partial charge in [0.05, 0.1) is 12.1 Å². The molecule has 264 valence electrons. The lowest BCUT2D eigenvalue weighted by atomic mass is 9.82. The fourth-order valence-corrected chi connectivity index (χ4v) is 6.57. The maximum absolute atomic E-state index is 14.5. The Balaban J connectivity index is 1.84. The second kappa shape index (κ2) is 16.4. The van der Waals surface area contributed by atoms with Crippen molar-refractivity contribution in [3.63, 3.8) is 0 Å². The smallest absolute Gasteiger partial charge is 0.316 e. The monoisotopic (exact) mass is 665 g/mol. The van der Waals surface area contributed by atoms with Crippen LogP contribution in [0.5, 0.6) is 0 Å². The van der Waals surface area contributed by atoms with Gasteiger partial charge in [0.25, 0.3) is 5.91 Å². The summed E-state index contributed by atoms with van der Waals surface area (Å²) < 4.78 is 0. The van der Waals surface area contributed by atoms with Crippen molar-refractivity contribution in [1.29, 1.82) is 0 Å². The molecular weight excluding hydrogens is 610 g/mol. The molecule has 0 radical (unpaired) electrons. The molecule has 11 heteroatoms. The standard InChI is InChI=1S/C37H55N5O6/c1-9-25-26(21(2)3)20-42(30(25)34(46)39-27(19-24-15-16-24)31(44)33(38)45)35(47)32(37(6,7)8)41-36(48)40-29(22(4)5)28(43)18-17-23-13-11-10-12-14-23/h9-14,21-22,24-27,29-30,32H,1,15-20H2,2-8H3,(H2,38,45)(H,39,46)(H2,40,41,48)/t25?,26-,27?,29+,30+,32-/m1/s1. The largest absolute Gasteiger partial charge is 0.363 e. The summed E-state index contributed by atoms with van der Waals surface area (Å²) in [5, 5.41) is 8.38. The van der Waals surface area contributed by atoms with Crippen LogP contribution < -0.4 is 21.7 Å². The number of ketones is 2. The van der Waals surface area contributed by atoms with Gasteiger partial charge >= 0.3 is 6.03 Å². The number of carbonyl (C=O) groups is 6. The van der Waals surface area contributed by atoms with Crippen LogP contribution >= 0.6 is 0 Å². The molecular formula is C37H55N5O6. The summed E-state index contributed by atoms with van der Waals surface area (Å²) in [5.41, 5.74) is 5.56. The Morgan fingerprint density at radius 3 is 2.10 bits per heavy atom. The zero-order valence-electron chi connectivity index (χ0n) is 29.6. The van der Waals surface area contributed by atoms with Crippen LogP contribution in [0.2, 0.25) is 0 Å². The molecule has 1 heterocycles. The molecule has 2 unspecified atom stereocenters. The number of likely N-dealkylation sites (tertiary alicyclic amines) is 1. The molecule has 2 aliphatic rings. The van der Waals surface area contributed by atoms with E-state index in [1.54, 1.807) is 6.08 Å². The second-order valence-corrected chi connectivity index (χ2v) is 15.2. The predicted octanol–water partition coefficient (Wildman–Crippen LogP) is 3.55. The number of nitrogens with one attached hydrogen (secondary N) is 3. The first kappa shape index (κ1) is 38.4. The van der Waals surface area contributed by atoms with Crippen molar-refractivity contribution in [3.8, 4) is 0 Å². The number of hydrogen-bond acceptors (Lipinski definition) is 6. The summed E-state index contributed by atoms with van der Waals surface area (Å²) >= 11 is 0. The molecule has 3 rings (SSSR count). The van der Waals surface area contributed by atoms with E-state index in [0.29, 0.717) is 12.8 Å². The van der Waals surface area contributed by atoms with Crippen LogP contribution in [-0.2, 0) is 30.4 Å². The van der Waals surface area contributed by atoms with E-state index in [1.165, 1.54) is 4.90 Å². The van der Waals surface area contributed by atoms with E-state index in [1.807, 2.05) is 78.8 Å². The number of primary amides is 1. The van der Waals surface area contributed by atoms with E-state index >= 15 is 0 Å². The van der Waals surface area contributed by atoms with Crippen molar-refractivity contribution >= 4 is 35.3 Å². The van der Waals surface area contributed by atoms with E-state index in [-0.39, 0.29) is 42.4 Å². The molecule has 1 aromatic carbocycles. The number of Topliss-reactive ketones (excluding diaryl/α,β-unsaturated/α-hetero) is 2. The summed E-state index contributed by atoms with van der Waals surface area (Å²) in [6, 6.07) is 5.04. The summed E-state index contributed by atoms with van der Waals surface area (Å²) in [7, 11) is 0. The highest BCUT2D eigenvalue weighted by molar-refractivity contribution is 6.37. The van der Waals surface area contributed by atoms with Gasteiger partial charge in [0.15, 0.2) is 5.78 Å². The molecule has 5 amide bonds. The summed E-state index contributed by atoms with van der Waals surface area (Å²) in [6.07, 6.45) is 4.55.